The summed E-state index contributed by atoms with van der Waals surface area (Å²) in [6.07, 6.45) is 4.42. The van der Waals surface area contributed by atoms with Crippen LogP contribution in [0.15, 0.2) is 70.2 Å². The third kappa shape index (κ3) is 9.80. The van der Waals surface area contributed by atoms with Crippen LogP contribution in [-0.4, -0.2) is 73.6 Å². The zero-order valence-corrected chi connectivity index (χ0v) is 25.0. The van der Waals surface area contributed by atoms with E-state index in [0.717, 1.165) is 31.6 Å². The van der Waals surface area contributed by atoms with Crippen molar-refractivity contribution in [2.24, 2.45) is 0 Å². The second-order valence-electron chi connectivity index (χ2n) is 9.64. The van der Waals surface area contributed by atoms with Gasteiger partial charge < -0.3 is 21.3 Å². The molecule has 0 unspecified atom stereocenters. The zero-order chi connectivity index (χ0) is 29.1. The van der Waals surface area contributed by atoms with Gasteiger partial charge in [-0.1, -0.05) is 24.3 Å². The minimum Gasteiger partial charge on any atom is -0.369 e. The van der Waals surface area contributed by atoms with Crippen LogP contribution < -0.4 is 21.3 Å². The van der Waals surface area contributed by atoms with Crippen LogP contribution in [0.5, 0.6) is 0 Å². The molecule has 4 N–H and O–H groups in total. The van der Waals surface area contributed by atoms with E-state index < -0.39 is 9.84 Å². The molecule has 2 amide bonds. The van der Waals surface area contributed by atoms with E-state index in [4.69, 9.17) is 0 Å². The molecule has 0 atom stereocenters. The third-order valence-electron chi connectivity index (χ3n) is 6.38. The molecule has 1 aliphatic rings. The van der Waals surface area contributed by atoms with E-state index >= 15 is 0 Å². The topological polar surface area (TPSA) is 145 Å². The fourth-order valence-corrected chi connectivity index (χ4v) is 5.88. The summed E-state index contributed by atoms with van der Waals surface area (Å²) in [7, 11) is -3.49. The van der Waals surface area contributed by atoms with Gasteiger partial charge in [-0.3, -0.25) is 14.5 Å². The van der Waals surface area contributed by atoms with Gasteiger partial charge in [0.15, 0.2) is 9.84 Å². The van der Waals surface area contributed by atoms with Crippen molar-refractivity contribution < 1.29 is 18.0 Å². The van der Waals surface area contributed by atoms with E-state index in [1.165, 1.54) is 12.1 Å². The Balaban J connectivity index is 1.19. The Morgan fingerprint density at radius 3 is 2.49 bits per heavy atom. The number of aromatic nitrogens is 2. The van der Waals surface area contributed by atoms with Gasteiger partial charge in [0.25, 0.3) is 0 Å². The van der Waals surface area contributed by atoms with Crippen LogP contribution in [0.25, 0.3) is 0 Å². The van der Waals surface area contributed by atoms with Crippen LogP contribution in [0, 0.1) is 0 Å². The molecule has 1 aromatic heterocycles. The number of benzene rings is 2. The number of nitrogens with zero attached hydrogens (tertiary/aromatic N) is 3. The predicted molar refractivity (Wildman–Crippen MR) is 163 cm³/mol. The maximum absolute atomic E-state index is 12.4. The van der Waals surface area contributed by atoms with Gasteiger partial charge in [-0.2, -0.15) is 4.98 Å². The lowest BCUT2D eigenvalue weighted by Gasteiger charge is -2.14. The molecule has 3 aromatic rings. The molecule has 2 heterocycles. The molecule has 41 heavy (non-hydrogen) atoms. The Labute approximate surface area is 248 Å². The van der Waals surface area contributed by atoms with E-state index in [1.807, 2.05) is 24.3 Å². The molecule has 1 aliphatic heterocycles. The second-order valence-corrected chi connectivity index (χ2v) is 12.6. The minimum atomic E-state index is -3.49. The maximum atomic E-state index is 12.4. The highest BCUT2D eigenvalue weighted by Crippen LogP contribution is 2.23. The van der Waals surface area contributed by atoms with Crippen LogP contribution in [-0.2, 0) is 19.4 Å². The van der Waals surface area contributed by atoms with Crippen molar-refractivity contribution in [3.8, 4) is 0 Å². The first kappa shape index (κ1) is 30.4. The first-order valence-corrected chi connectivity index (χ1v) is 15.9. The Morgan fingerprint density at radius 1 is 0.951 bits per heavy atom. The molecule has 13 heteroatoms. The number of rotatable bonds is 14. The monoisotopic (exact) mass is 643 g/mol. The lowest BCUT2D eigenvalue weighted by Crippen LogP contribution is -2.30. The molecule has 0 spiro atoms. The van der Waals surface area contributed by atoms with Crippen LogP contribution in [0.4, 0.5) is 23.1 Å². The Kier molecular flexibility index (Phi) is 11.0. The molecule has 0 saturated carbocycles. The lowest BCUT2D eigenvalue weighted by molar-refractivity contribution is -0.120. The van der Waals surface area contributed by atoms with Crippen molar-refractivity contribution in [2.75, 3.05) is 54.4 Å². The summed E-state index contributed by atoms with van der Waals surface area (Å²) in [6, 6.07) is 15.5. The number of carbonyl (C=O) groups is 2. The minimum absolute atomic E-state index is 0.0381. The molecular formula is C28H34BrN7O4S. The lowest BCUT2D eigenvalue weighted by atomic mass is 10.2. The van der Waals surface area contributed by atoms with Crippen molar-refractivity contribution in [3.05, 3.63) is 65.3 Å². The summed E-state index contributed by atoms with van der Waals surface area (Å²) in [6.45, 7) is 3.23. The van der Waals surface area contributed by atoms with Crippen LogP contribution in [0.1, 0.15) is 25.7 Å². The third-order valence-corrected chi connectivity index (χ3v) is 8.69. The summed E-state index contributed by atoms with van der Waals surface area (Å²) >= 11 is 3.45. The van der Waals surface area contributed by atoms with Crippen LogP contribution >= 0.6 is 15.9 Å². The highest BCUT2D eigenvalue weighted by Gasteiger charge is 2.16. The van der Waals surface area contributed by atoms with E-state index in [9.17, 15) is 18.0 Å². The number of amides is 2. The SMILES string of the molecule is O=C(CCS(=O)(=O)c1ccccc1)NCCCNc1nc(Nc2cccc(NC(=O)CN3CCCC3)c2)ncc1Br. The van der Waals surface area contributed by atoms with E-state index in [-0.39, 0.29) is 28.9 Å². The van der Waals surface area contributed by atoms with Crippen molar-refractivity contribution in [1.29, 1.82) is 0 Å². The molecule has 11 nitrogen and oxygen atoms in total. The summed E-state index contributed by atoms with van der Waals surface area (Å²) < 4.78 is 25.3. The molecule has 218 valence electrons. The normalized spacial score (nSPS) is 13.5. The number of halogens is 1. The molecule has 1 fully saturated rings. The van der Waals surface area contributed by atoms with E-state index in [1.54, 1.807) is 24.4 Å². The first-order valence-electron chi connectivity index (χ1n) is 13.5. The standard InChI is InChI=1S/C28H34BrN7O4S/c29-24-19-32-28(34-22-9-6-8-21(18-22)33-26(38)20-36-15-4-5-16-36)35-27(24)31-14-7-13-30-25(37)12-17-41(39,40)23-10-2-1-3-11-23/h1-3,6,8-11,18-19H,4-5,7,12-17,20H2,(H,30,37)(H,33,38)(H2,31,32,34,35). The number of nitrogens with one attached hydrogen (secondary N) is 4. The van der Waals surface area contributed by atoms with Gasteiger partial charge in [0, 0.05) is 37.1 Å². The quantitative estimate of drug-likeness (QED) is 0.193. The van der Waals surface area contributed by atoms with Gasteiger partial charge in [0.2, 0.25) is 17.8 Å². The van der Waals surface area contributed by atoms with E-state index in [2.05, 4.69) is 52.1 Å². The van der Waals surface area contributed by atoms with Crippen LogP contribution in [0.2, 0.25) is 0 Å². The molecule has 4 rings (SSSR count). The van der Waals surface area contributed by atoms with Gasteiger partial charge in [0.05, 0.1) is 21.7 Å². The highest BCUT2D eigenvalue weighted by atomic mass is 79.9. The fraction of sp³-hybridized carbons (Fsp3) is 0.357. The van der Waals surface area contributed by atoms with Crippen LogP contribution in [0.3, 0.4) is 0 Å². The Bertz CT molecular complexity index is 1430. The largest absolute Gasteiger partial charge is 0.369 e. The zero-order valence-electron chi connectivity index (χ0n) is 22.6. The summed E-state index contributed by atoms with van der Waals surface area (Å²) in [5, 5.41) is 12.1. The number of hydrogen-bond donors (Lipinski definition) is 4. The average Bonchev–Trinajstić information content (AvgIpc) is 3.47. The molecular weight excluding hydrogens is 610 g/mol. The van der Waals surface area contributed by atoms with Gasteiger partial charge in [0.1, 0.15) is 5.82 Å². The molecule has 0 bridgehead atoms. The molecule has 2 aromatic carbocycles. The maximum Gasteiger partial charge on any atom is 0.238 e. The number of hydrogen-bond acceptors (Lipinski definition) is 9. The van der Waals surface area contributed by atoms with E-state index in [0.29, 0.717) is 48.0 Å². The summed E-state index contributed by atoms with van der Waals surface area (Å²) in [5.74, 6) is 0.373. The fourth-order valence-electron chi connectivity index (χ4n) is 4.28. The number of sulfone groups is 1. The smallest absolute Gasteiger partial charge is 0.238 e. The van der Waals surface area contributed by atoms with Gasteiger partial charge >= 0.3 is 0 Å². The molecule has 0 aliphatic carbocycles. The number of carbonyl (C=O) groups excluding carboxylic acids is 2. The predicted octanol–water partition coefficient (Wildman–Crippen LogP) is 3.80. The highest BCUT2D eigenvalue weighted by molar-refractivity contribution is 9.10. The number of likely N-dealkylation sites (tertiary alicyclic amines) is 1. The van der Waals surface area contributed by atoms with Crippen molar-refractivity contribution in [3.63, 3.8) is 0 Å². The average molecular weight is 645 g/mol. The van der Waals surface area contributed by atoms with Gasteiger partial charge in [-0.05, 0) is 78.6 Å². The van der Waals surface area contributed by atoms with Gasteiger partial charge in [-0.25, -0.2) is 13.4 Å². The first-order chi connectivity index (χ1) is 19.8. The molecule has 0 radical (unpaired) electrons. The van der Waals surface area contributed by atoms with Gasteiger partial charge in [-0.15, -0.1) is 0 Å². The second kappa shape index (κ2) is 14.9. The van der Waals surface area contributed by atoms with Crippen molar-refractivity contribution >= 4 is 60.7 Å². The Morgan fingerprint density at radius 2 is 1.71 bits per heavy atom. The summed E-state index contributed by atoms with van der Waals surface area (Å²) in [4.78, 5) is 35.7. The number of anilines is 4. The van der Waals surface area contributed by atoms with Crippen molar-refractivity contribution in [1.82, 2.24) is 20.2 Å². The van der Waals surface area contributed by atoms with Crippen molar-refractivity contribution in [2.45, 2.75) is 30.6 Å². The Hall–Kier alpha value is -3.55. The summed E-state index contributed by atoms with van der Waals surface area (Å²) in [5.41, 5.74) is 1.42. The molecule has 1 saturated heterocycles.